The van der Waals surface area contributed by atoms with E-state index in [2.05, 4.69) is 25.4 Å². The molecular formula is C16H17N5O2S. The number of carbonyl (C=O) groups excluding carboxylic acids is 1. The second-order valence-electron chi connectivity index (χ2n) is 6.17. The van der Waals surface area contributed by atoms with Gasteiger partial charge in [0.05, 0.1) is 10.6 Å². The molecule has 0 spiro atoms. The lowest BCUT2D eigenvalue weighted by Gasteiger charge is -2.25. The van der Waals surface area contributed by atoms with Gasteiger partial charge in [-0.05, 0) is 25.8 Å². The number of hydrogen-bond acceptors (Lipinski definition) is 7. The molecule has 1 aliphatic rings. The number of nitrogens with zero attached hydrogens (tertiary/aromatic N) is 4. The molecule has 0 bridgehead atoms. The Kier molecular flexibility index (Phi) is 3.56. The van der Waals surface area contributed by atoms with Gasteiger partial charge >= 0.3 is 0 Å². The van der Waals surface area contributed by atoms with Gasteiger partial charge in [0, 0.05) is 13.1 Å². The third-order valence-electron chi connectivity index (χ3n) is 4.33. The number of aromatic nitrogens is 4. The molecular weight excluding hydrogens is 326 g/mol. The van der Waals surface area contributed by atoms with Crippen LogP contribution >= 0.6 is 11.3 Å². The second-order valence-corrected chi connectivity index (χ2v) is 7.36. The summed E-state index contributed by atoms with van der Waals surface area (Å²) < 4.78 is 5.45. The maximum atomic E-state index is 11.6. The fourth-order valence-corrected chi connectivity index (χ4v) is 4.04. The number of amides is 1. The number of pyridine rings is 1. The molecule has 0 saturated heterocycles. The SMILES string of the molecule is CC(=O)NC1(c2noc(-c3cnc4sc(C)nc4c3)n2)CCCC1. The van der Waals surface area contributed by atoms with Crippen LogP contribution in [0.5, 0.6) is 0 Å². The van der Waals surface area contributed by atoms with E-state index in [0.29, 0.717) is 11.7 Å². The topological polar surface area (TPSA) is 93.8 Å². The molecule has 4 rings (SSSR count). The molecule has 0 radical (unpaired) electrons. The van der Waals surface area contributed by atoms with Crippen LogP contribution < -0.4 is 5.32 Å². The highest BCUT2D eigenvalue weighted by atomic mass is 32.1. The number of carbonyl (C=O) groups is 1. The fourth-order valence-electron chi connectivity index (χ4n) is 3.30. The second kappa shape index (κ2) is 5.62. The highest BCUT2D eigenvalue weighted by Gasteiger charge is 2.40. The summed E-state index contributed by atoms with van der Waals surface area (Å²) in [6.45, 7) is 3.47. The molecule has 1 amide bonds. The number of nitrogens with one attached hydrogen (secondary N) is 1. The van der Waals surface area contributed by atoms with Crippen LogP contribution in [0.2, 0.25) is 0 Å². The van der Waals surface area contributed by atoms with Crippen molar-refractivity contribution in [3.8, 4) is 11.5 Å². The summed E-state index contributed by atoms with van der Waals surface area (Å²) in [5.41, 5.74) is 1.05. The van der Waals surface area contributed by atoms with E-state index < -0.39 is 5.54 Å². The third-order valence-corrected chi connectivity index (χ3v) is 5.22. The van der Waals surface area contributed by atoms with Crippen LogP contribution in [0.3, 0.4) is 0 Å². The van der Waals surface area contributed by atoms with Crippen LogP contribution in [-0.4, -0.2) is 26.0 Å². The van der Waals surface area contributed by atoms with E-state index in [1.165, 1.54) is 6.92 Å². The summed E-state index contributed by atoms with van der Waals surface area (Å²) in [6.07, 6.45) is 5.45. The Balaban J connectivity index is 1.71. The average molecular weight is 343 g/mol. The van der Waals surface area contributed by atoms with E-state index in [4.69, 9.17) is 4.52 Å². The first-order valence-electron chi connectivity index (χ1n) is 7.92. The van der Waals surface area contributed by atoms with Crippen LogP contribution in [0.4, 0.5) is 0 Å². The van der Waals surface area contributed by atoms with Crippen molar-refractivity contribution in [2.75, 3.05) is 0 Å². The lowest BCUT2D eigenvalue weighted by molar-refractivity contribution is -0.121. The Morgan fingerprint density at radius 3 is 2.88 bits per heavy atom. The van der Waals surface area contributed by atoms with Crippen molar-refractivity contribution in [3.05, 3.63) is 23.1 Å². The predicted molar refractivity (Wildman–Crippen MR) is 89.4 cm³/mol. The standard InChI is InChI=1S/C16H17N5O2S/c1-9(22)20-16(5-3-4-6-16)15-19-13(23-21-15)11-7-12-14(17-8-11)24-10(2)18-12/h7-8H,3-6H2,1-2H3,(H,20,22). The van der Waals surface area contributed by atoms with Gasteiger partial charge in [-0.25, -0.2) is 9.97 Å². The molecule has 3 heterocycles. The average Bonchev–Trinajstić information content (AvgIpc) is 3.23. The lowest BCUT2D eigenvalue weighted by Crippen LogP contribution is -2.43. The number of fused-ring (bicyclic) bond motifs is 1. The van der Waals surface area contributed by atoms with Gasteiger partial charge in [0.1, 0.15) is 15.9 Å². The summed E-state index contributed by atoms with van der Waals surface area (Å²) in [6, 6.07) is 1.91. The molecule has 0 aliphatic heterocycles. The zero-order chi connectivity index (χ0) is 16.7. The number of thiazole rings is 1. The van der Waals surface area contributed by atoms with Crippen LogP contribution in [0.15, 0.2) is 16.8 Å². The van der Waals surface area contributed by atoms with Gasteiger partial charge in [-0.15, -0.1) is 0 Å². The zero-order valence-electron chi connectivity index (χ0n) is 13.5. The molecule has 124 valence electrons. The van der Waals surface area contributed by atoms with Crippen LogP contribution in [0, 0.1) is 6.92 Å². The highest BCUT2D eigenvalue weighted by Crippen LogP contribution is 2.38. The summed E-state index contributed by atoms with van der Waals surface area (Å²) >= 11 is 1.55. The van der Waals surface area contributed by atoms with Gasteiger partial charge in [-0.1, -0.05) is 29.3 Å². The first-order chi connectivity index (χ1) is 11.6. The van der Waals surface area contributed by atoms with Crippen LogP contribution in [-0.2, 0) is 10.3 Å². The van der Waals surface area contributed by atoms with Gasteiger partial charge < -0.3 is 9.84 Å². The first kappa shape index (κ1) is 15.2. The number of aryl methyl sites for hydroxylation is 1. The van der Waals surface area contributed by atoms with Gasteiger partial charge in [0.2, 0.25) is 5.91 Å². The van der Waals surface area contributed by atoms with Crippen molar-refractivity contribution in [1.29, 1.82) is 0 Å². The Morgan fingerprint density at radius 2 is 2.12 bits per heavy atom. The number of hydrogen-bond donors (Lipinski definition) is 1. The van der Waals surface area contributed by atoms with Gasteiger partial charge in [0.25, 0.3) is 5.89 Å². The normalized spacial score (nSPS) is 16.6. The molecule has 3 aromatic rings. The Hall–Kier alpha value is -2.35. The van der Waals surface area contributed by atoms with Crippen LogP contribution in [0.25, 0.3) is 21.8 Å². The maximum absolute atomic E-state index is 11.6. The van der Waals surface area contributed by atoms with Crippen LogP contribution in [0.1, 0.15) is 43.4 Å². The molecule has 1 aliphatic carbocycles. The molecule has 0 atom stereocenters. The van der Waals surface area contributed by atoms with Gasteiger partial charge in [0.15, 0.2) is 5.82 Å². The monoisotopic (exact) mass is 343 g/mol. The molecule has 1 saturated carbocycles. The summed E-state index contributed by atoms with van der Waals surface area (Å²) in [5, 5.41) is 8.13. The third kappa shape index (κ3) is 2.56. The molecule has 24 heavy (non-hydrogen) atoms. The zero-order valence-corrected chi connectivity index (χ0v) is 14.3. The smallest absolute Gasteiger partial charge is 0.259 e. The largest absolute Gasteiger partial charge is 0.343 e. The van der Waals surface area contributed by atoms with Crippen molar-refractivity contribution in [2.24, 2.45) is 0 Å². The summed E-state index contributed by atoms with van der Waals surface area (Å²) in [5.74, 6) is 0.866. The fraction of sp³-hybridized carbons (Fsp3) is 0.438. The summed E-state index contributed by atoms with van der Waals surface area (Å²) in [4.78, 5) is 25.9. The molecule has 1 N–H and O–H groups in total. The molecule has 7 nitrogen and oxygen atoms in total. The maximum Gasteiger partial charge on any atom is 0.259 e. The van der Waals surface area contributed by atoms with Gasteiger partial charge in [-0.2, -0.15) is 4.98 Å². The molecule has 1 fully saturated rings. The quantitative estimate of drug-likeness (QED) is 0.786. The molecule has 0 aromatic carbocycles. The van der Waals surface area contributed by atoms with E-state index >= 15 is 0 Å². The first-order valence-corrected chi connectivity index (χ1v) is 8.74. The molecule has 8 heteroatoms. The van der Waals surface area contributed by atoms with Gasteiger partial charge in [-0.3, -0.25) is 4.79 Å². The molecule has 3 aromatic heterocycles. The van der Waals surface area contributed by atoms with Crippen molar-refractivity contribution in [3.63, 3.8) is 0 Å². The molecule has 0 unspecified atom stereocenters. The van der Waals surface area contributed by atoms with Crippen molar-refractivity contribution in [1.82, 2.24) is 25.4 Å². The summed E-state index contributed by atoms with van der Waals surface area (Å²) in [7, 11) is 0. The van der Waals surface area contributed by atoms with E-state index in [0.717, 1.165) is 46.6 Å². The Morgan fingerprint density at radius 1 is 1.33 bits per heavy atom. The minimum absolute atomic E-state index is 0.0794. The highest BCUT2D eigenvalue weighted by molar-refractivity contribution is 7.18. The lowest BCUT2D eigenvalue weighted by atomic mass is 9.96. The van der Waals surface area contributed by atoms with E-state index in [-0.39, 0.29) is 5.91 Å². The van der Waals surface area contributed by atoms with E-state index in [1.54, 1.807) is 17.5 Å². The van der Waals surface area contributed by atoms with Crippen molar-refractivity contribution < 1.29 is 9.32 Å². The minimum Gasteiger partial charge on any atom is -0.343 e. The van der Waals surface area contributed by atoms with E-state index in [1.807, 2.05) is 13.0 Å². The van der Waals surface area contributed by atoms with Crippen molar-refractivity contribution in [2.45, 2.75) is 45.1 Å². The van der Waals surface area contributed by atoms with Crippen molar-refractivity contribution >= 4 is 27.6 Å². The Labute approximate surface area is 142 Å². The minimum atomic E-state index is -0.512. The Bertz CT molecular complexity index is 910. The number of rotatable bonds is 3. The predicted octanol–water partition coefficient (Wildman–Crippen LogP) is 2.96. The van der Waals surface area contributed by atoms with E-state index in [9.17, 15) is 4.79 Å².